The Morgan fingerprint density at radius 3 is 2.95 bits per heavy atom. The van der Waals surface area contributed by atoms with E-state index in [1.165, 1.54) is 13.2 Å². The van der Waals surface area contributed by atoms with E-state index in [1.807, 2.05) is 0 Å². The van der Waals surface area contributed by atoms with E-state index < -0.39 is 12.1 Å². The number of aromatic nitrogens is 3. The molecule has 0 fully saturated rings. The number of nitrogens with zero attached hydrogens (tertiary/aromatic N) is 3. The quantitative estimate of drug-likeness (QED) is 0.547. The predicted octanol–water partition coefficient (Wildman–Crippen LogP) is -0.645. The summed E-state index contributed by atoms with van der Waals surface area (Å²) in [6, 6.07) is 4.03. The van der Waals surface area contributed by atoms with Crippen molar-refractivity contribution in [3.63, 3.8) is 0 Å². The smallest absolute Gasteiger partial charge is 0.378 e. The number of hydrogen-bond acceptors (Lipinski definition) is 7. The molecule has 1 heterocycles. The van der Waals surface area contributed by atoms with Crippen LogP contribution in [-0.4, -0.2) is 46.7 Å². The zero-order chi connectivity index (χ0) is 13.8. The highest BCUT2D eigenvalue weighted by Gasteiger charge is 2.15. The second kappa shape index (κ2) is 5.63. The third-order valence-electron chi connectivity index (χ3n) is 2.37. The van der Waals surface area contributed by atoms with E-state index in [9.17, 15) is 15.4 Å². The van der Waals surface area contributed by atoms with E-state index in [1.54, 1.807) is 12.1 Å². The van der Waals surface area contributed by atoms with Crippen molar-refractivity contribution < 1.29 is 24.5 Å². The van der Waals surface area contributed by atoms with Crippen LogP contribution in [0.3, 0.4) is 0 Å². The second-order valence-electron chi connectivity index (χ2n) is 3.83. The lowest BCUT2D eigenvalue weighted by molar-refractivity contribution is -0.643. The monoisotopic (exact) mass is 267 g/mol. The molecular formula is C11H13N3O5. The van der Waals surface area contributed by atoms with E-state index in [4.69, 9.17) is 9.47 Å². The van der Waals surface area contributed by atoms with Crippen LogP contribution in [0.15, 0.2) is 18.2 Å². The van der Waals surface area contributed by atoms with Crippen LogP contribution in [0.5, 0.6) is 11.8 Å². The van der Waals surface area contributed by atoms with Crippen LogP contribution < -0.4 is 9.58 Å². The molecule has 1 aromatic carbocycles. The first-order valence-corrected chi connectivity index (χ1v) is 5.51. The van der Waals surface area contributed by atoms with Gasteiger partial charge in [0, 0.05) is 13.2 Å². The maximum Gasteiger partial charge on any atom is 0.378 e. The van der Waals surface area contributed by atoms with Gasteiger partial charge >= 0.3 is 6.01 Å². The van der Waals surface area contributed by atoms with Crippen LogP contribution in [0.25, 0.3) is 11.0 Å². The van der Waals surface area contributed by atoms with Crippen LogP contribution >= 0.6 is 0 Å². The molecule has 0 amide bonds. The summed E-state index contributed by atoms with van der Waals surface area (Å²) in [7, 11) is 1.47. The van der Waals surface area contributed by atoms with Crippen molar-refractivity contribution in [3.05, 3.63) is 23.4 Å². The van der Waals surface area contributed by atoms with Gasteiger partial charge in [-0.2, -0.15) is 4.98 Å². The number of aromatic hydroxyl groups is 1. The highest BCUT2D eigenvalue weighted by molar-refractivity contribution is 5.78. The molecule has 2 aromatic rings. The first-order chi connectivity index (χ1) is 9.11. The summed E-state index contributed by atoms with van der Waals surface area (Å²) < 4.78 is 10.1. The van der Waals surface area contributed by atoms with Gasteiger partial charge in [0.15, 0.2) is 11.3 Å². The molecule has 102 valence electrons. The predicted molar refractivity (Wildman–Crippen MR) is 63.5 cm³/mol. The molecule has 0 aliphatic carbocycles. The van der Waals surface area contributed by atoms with E-state index in [0.717, 1.165) is 0 Å². The van der Waals surface area contributed by atoms with E-state index in [0.29, 0.717) is 0 Å². The zero-order valence-corrected chi connectivity index (χ0v) is 10.2. The van der Waals surface area contributed by atoms with Crippen LogP contribution in [0.4, 0.5) is 0 Å². The molecule has 8 nitrogen and oxygen atoms in total. The Morgan fingerprint density at radius 1 is 1.42 bits per heavy atom. The lowest BCUT2D eigenvalue weighted by Crippen LogP contribution is -2.32. The van der Waals surface area contributed by atoms with Gasteiger partial charge in [-0.1, -0.05) is 6.07 Å². The average molecular weight is 267 g/mol. The third-order valence-corrected chi connectivity index (χ3v) is 2.37. The van der Waals surface area contributed by atoms with Crippen molar-refractivity contribution in [2.45, 2.75) is 6.10 Å². The van der Waals surface area contributed by atoms with Gasteiger partial charge in [-0.15, -0.1) is 0 Å². The third kappa shape index (κ3) is 2.98. The zero-order valence-electron chi connectivity index (χ0n) is 10.2. The summed E-state index contributed by atoms with van der Waals surface area (Å²) >= 11 is 0. The van der Waals surface area contributed by atoms with Crippen LogP contribution in [0, 0.1) is 5.21 Å². The van der Waals surface area contributed by atoms with Crippen LogP contribution in [0.1, 0.15) is 0 Å². The van der Waals surface area contributed by atoms with Gasteiger partial charge in [-0.05, 0) is 10.9 Å². The molecule has 8 heteroatoms. The van der Waals surface area contributed by atoms with Crippen molar-refractivity contribution in [1.82, 2.24) is 10.1 Å². The molecule has 0 bridgehead atoms. The Labute approximate surface area is 108 Å². The fourth-order valence-electron chi connectivity index (χ4n) is 1.58. The molecule has 0 aliphatic rings. The number of aliphatic hydroxyl groups is 1. The molecule has 2 N–H and O–H groups in total. The standard InChI is InChI=1S/C11H13N3O5/c1-18-5-7(15)6-19-9-4-2-3-8-10(9)12-11(16)13-14(8)17/h2-4,7,15H,5-6H2,1H3,(H,12,13,16). The van der Waals surface area contributed by atoms with Gasteiger partial charge < -0.3 is 24.9 Å². The minimum atomic E-state index is -0.796. The second-order valence-corrected chi connectivity index (χ2v) is 3.83. The largest absolute Gasteiger partial charge is 0.594 e. The lowest BCUT2D eigenvalue weighted by Gasteiger charge is -2.11. The van der Waals surface area contributed by atoms with Gasteiger partial charge in [0.1, 0.15) is 12.7 Å². The summed E-state index contributed by atoms with van der Waals surface area (Å²) in [5.41, 5.74) is 0.339. The number of ether oxygens (including phenoxy) is 2. The van der Waals surface area contributed by atoms with E-state index in [-0.39, 0.29) is 34.8 Å². The Balaban J connectivity index is 2.28. The molecule has 0 saturated heterocycles. The van der Waals surface area contributed by atoms with Gasteiger partial charge in [0.25, 0.3) is 5.52 Å². The Kier molecular flexibility index (Phi) is 3.93. The number of hydrogen-bond donors (Lipinski definition) is 2. The number of para-hydroxylation sites is 1. The first kappa shape index (κ1) is 13.2. The average Bonchev–Trinajstić information content (AvgIpc) is 2.36. The highest BCUT2D eigenvalue weighted by atomic mass is 16.5. The number of methoxy groups -OCH3 is 1. The Hall–Kier alpha value is -2.19. The van der Waals surface area contributed by atoms with Gasteiger partial charge in [0.05, 0.1) is 11.7 Å². The van der Waals surface area contributed by atoms with E-state index >= 15 is 0 Å². The fraction of sp³-hybridized carbons (Fsp3) is 0.364. The molecule has 2 rings (SSSR count). The molecule has 1 aromatic heterocycles. The Morgan fingerprint density at radius 2 is 2.21 bits per heavy atom. The number of benzene rings is 1. The summed E-state index contributed by atoms with van der Waals surface area (Å²) in [6.45, 7) is 0.114. The van der Waals surface area contributed by atoms with Crippen molar-refractivity contribution in [2.75, 3.05) is 20.3 Å². The molecule has 1 atom stereocenters. The number of fused-ring (bicyclic) bond motifs is 1. The number of rotatable bonds is 5. The summed E-state index contributed by atoms with van der Waals surface area (Å²) in [5, 5.41) is 33.4. The summed E-state index contributed by atoms with van der Waals surface area (Å²) in [4.78, 5) is 4.01. The molecule has 0 aliphatic heterocycles. The fourth-order valence-corrected chi connectivity index (χ4v) is 1.58. The minimum absolute atomic E-state index is 0.0173. The summed E-state index contributed by atoms with van der Waals surface area (Å²) in [5.74, 6) is 0.273. The van der Waals surface area contributed by atoms with Crippen molar-refractivity contribution in [2.24, 2.45) is 0 Å². The maximum atomic E-state index is 11.5. The van der Waals surface area contributed by atoms with Crippen molar-refractivity contribution in [3.8, 4) is 11.8 Å². The van der Waals surface area contributed by atoms with Crippen molar-refractivity contribution in [1.29, 1.82) is 0 Å². The van der Waals surface area contributed by atoms with Crippen molar-refractivity contribution >= 4 is 11.0 Å². The Bertz CT molecular complexity index is 578. The minimum Gasteiger partial charge on any atom is -0.594 e. The van der Waals surface area contributed by atoms with Gasteiger partial charge in [-0.3, -0.25) is 0 Å². The van der Waals surface area contributed by atoms with Gasteiger partial charge in [0.2, 0.25) is 0 Å². The van der Waals surface area contributed by atoms with Crippen LogP contribution in [0.2, 0.25) is 0 Å². The molecule has 0 saturated carbocycles. The maximum absolute atomic E-state index is 11.5. The molecule has 1 unspecified atom stereocenters. The van der Waals surface area contributed by atoms with Crippen LogP contribution in [-0.2, 0) is 4.74 Å². The first-order valence-electron chi connectivity index (χ1n) is 5.51. The molecule has 0 radical (unpaired) electrons. The summed E-state index contributed by atoms with van der Waals surface area (Å²) in [6.07, 6.45) is -0.796. The normalized spacial score (nSPS) is 12.5. The van der Waals surface area contributed by atoms with E-state index in [2.05, 4.69) is 10.1 Å². The topological polar surface area (TPSA) is 112 Å². The molecule has 0 spiro atoms. The molecular weight excluding hydrogens is 254 g/mol. The van der Waals surface area contributed by atoms with Gasteiger partial charge in [-0.25, -0.2) is 0 Å². The highest BCUT2D eigenvalue weighted by Crippen LogP contribution is 2.22. The molecule has 19 heavy (non-hydrogen) atoms. The number of aliphatic hydroxyl groups excluding tert-OH is 1. The lowest BCUT2D eigenvalue weighted by atomic mass is 10.3. The SMILES string of the molecule is COCC(O)COc1cccc2c1nc(O)n[n+]2[O-].